The molecule has 0 aliphatic carbocycles. The number of aromatic nitrogens is 3. The van der Waals surface area contributed by atoms with Gasteiger partial charge in [-0.1, -0.05) is 0 Å². The molecule has 0 saturated heterocycles. The van der Waals surface area contributed by atoms with E-state index in [1.165, 1.54) is 38.4 Å². The number of nitrogens with two attached hydrogens (primary N) is 1. The molecule has 0 amide bonds. The fraction of sp³-hybridized carbons (Fsp3) is 0.263. The van der Waals surface area contributed by atoms with Gasteiger partial charge in [-0.2, -0.15) is 4.98 Å². The number of rotatable bonds is 4. The van der Waals surface area contributed by atoms with E-state index in [2.05, 4.69) is 25.3 Å². The smallest absolute Gasteiger partial charge is 0.234 e. The molecule has 4 rings (SSSR count). The highest BCUT2D eigenvalue weighted by atomic mass is 32.2. The predicted octanol–water partition coefficient (Wildman–Crippen LogP) is 2.13. The first-order valence-electron chi connectivity index (χ1n) is 9.05. The zero-order chi connectivity index (χ0) is 21.5. The van der Waals surface area contributed by atoms with Gasteiger partial charge < -0.3 is 15.8 Å². The molecule has 3 N–H and O–H groups in total. The van der Waals surface area contributed by atoms with Crippen molar-refractivity contribution in [2.75, 3.05) is 18.2 Å². The Labute approximate surface area is 172 Å². The molecule has 1 aliphatic heterocycles. The molecule has 0 bridgehead atoms. The highest BCUT2D eigenvalue weighted by Crippen LogP contribution is 2.31. The van der Waals surface area contributed by atoms with Gasteiger partial charge in [0.2, 0.25) is 5.88 Å². The fourth-order valence-corrected chi connectivity index (χ4v) is 4.58. The van der Waals surface area contributed by atoms with Gasteiger partial charge in [-0.25, -0.2) is 22.8 Å². The van der Waals surface area contributed by atoms with Crippen LogP contribution in [0, 0.1) is 5.82 Å². The number of ether oxygens (including phenoxy) is 1. The number of hydrogen-bond donors (Lipinski definition) is 2. The van der Waals surface area contributed by atoms with Crippen molar-refractivity contribution in [3.05, 3.63) is 48.0 Å². The first kappa shape index (κ1) is 20.0. The monoisotopic (exact) mass is 430 g/mol. The molecule has 2 atom stereocenters. The summed E-state index contributed by atoms with van der Waals surface area (Å²) >= 11 is 0. The second kappa shape index (κ2) is 7.48. The molecule has 1 aromatic carbocycles. The summed E-state index contributed by atoms with van der Waals surface area (Å²) < 4.78 is 44.2. The summed E-state index contributed by atoms with van der Waals surface area (Å²) in [6.07, 6.45) is 3.03. The minimum atomic E-state index is -3.51. The van der Waals surface area contributed by atoms with E-state index in [-0.39, 0.29) is 17.2 Å². The van der Waals surface area contributed by atoms with Crippen LogP contribution in [-0.2, 0) is 9.84 Å². The first-order chi connectivity index (χ1) is 14.3. The lowest BCUT2D eigenvalue weighted by molar-refractivity contribution is 0.397. The summed E-state index contributed by atoms with van der Waals surface area (Å²) in [5, 5.41) is 2.27. The van der Waals surface area contributed by atoms with Gasteiger partial charge in [0.1, 0.15) is 22.4 Å². The summed E-state index contributed by atoms with van der Waals surface area (Å²) in [5.41, 5.74) is 7.93. The number of methoxy groups -OCH3 is 1. The molecule has 9 nitrogen and oxygen atoms in total. The molecule has 1 aliphatic rings. The van der Waals surface area contributed by atoms with Crippen LogP contribution in [-0.4, -0.2) is 47.3 Å². The van der Waals surface area contributed by atoms with Crippen molar-refractivity contribution in [3.8, 4) is 5.88 Å². The summed E-state index contributed by atoms with van der Waals surface area (Å²) in [5.74, 6) is -0.553. The maximum atomic E-state index is 14.5. The van der Waals surface area contributed by atoms with Crippen molar-refractivity contribution in [2.24, 2.45) is 10.7 Å². The van der Waals surface area contributed by atoms with E-state index in [9.17, 15) is 12.8 Å². The van der Waals surface area contributed by atoms with Gasteiger partial charge in [-0.3, -0.25) is 4.99 Å². The van der Waals surface area contributed by atoms with Gasteiger partial charge in [-0.05, 0) is 31.2 Å². The van der Waals surface area contributed by atoms with Crippen molar-refractivity contribution in [2.45, 2.75) is 18.2 Å². The standard InChI is InChI=1S/C19H19FN6O3S/c1-10-18(21)25-15(9-30(10,27)28)12-7-11(3-4-13(12)20)24-14-5-6-22-19-17(14)23-8-16(26-19)29-2/h3-8,10,15H,9H2,1-2H3,(H2,21,25)(H,22,24,26)/t10?,15-/m0/s1. The molecule has 3 aromatic rings. The number of benzene rings is 1. The van der Waals surface area contributed by atoms with Crippen molar-refractivity contribution in [3.63, 3.8) is 0 Å². The van der Waals surface area contributed by atoms with Crippen LogP contribution in [0.1, 0.15) is 18.5 Å². The molecule has 1 unspecified atom stereocenters. The highest BCUT2D eigenvalue weighted by molar-refractivity contribution is 7.92. The van der Waals surface area contributed by atoms with Crippen molar-refractivity contribution in [1.82, 2.24) is 15.0 Å². The Hall–Kier alpha value is -3.34. The number of hydrogen-bond acceptors (Lipinski definition) is 9. The van der Waals surface area contributed by atoms with Crippen LogP contribution in [0.15, 0.2) is 41.7 Å². The van der Waals surface area contributed by atoms with E-state index in [0.717, 1.165) is 0 Å². The molecule has 11 heteroatoms. The molecule has 0 radical (unpaired) electrons. The van der Waals surface area contributed by atoms with Crippen LogP contribution in [0.25, 0.3) is 11.2 Å². The van der Waals surface area contributed by atoms with E-state index in [0.29, 0.717) is 28.4 Å². The Kier molecular flexibility index (Phi) is 4.98. The van der Waals surface area contributed by atoms with Crippen LogP contribution in [0.3, 0.4) is 0 Å². The first-order valence-corrected chi connectivity index (χ1v) is 10.8. The lowest BCUT2D eigenvalue weighted by Gasteiger charge is -2.24. The van der Waals surface area contributed by atoms with Crippen molar-refractivity contribution in [1.29, 1.82) is 0 Å². The number of nitrogens with one attached hydrogen (secondary N) is 1. The lowest BCUT2D eigenvalue weighted by atomic mass is 10.1. The van der Waals surface area contributed by atoms with Gasteiger partial charge in [0.25, 0.3) is 0 Å². The van der Waals surface area contributed by atoms with Gasteiger partial charge in [0.05, 0.1) is 30.8 Å². The molecule has 0 fully saturated rings. The van der Waals surface area contributed by atoms with Crippen molar-refractivity contribution < 1.29 is 17.5 Å². The molecular formula is C19H19FN6O3S. The van der Waals surface area contributed by atoms with Crippen LogP contribution in [0.2, 0.25) is 0 Å². The summed E-state index contributed by atoms with van der Waals surface area (Å²) in [6.45, 7) is 1.48. The van der Waals surface area contributed by atoms with Crippen molar-refractivity contribution >= 4 is 38.2 Å². The Morgan fingerprint density at radius 1 is 1.27 bits per heavy atom. The van der Waals surface area contributed by atoms with E-state index < -0.39 is 26.9 Å². The van der Waals surface area contributed by atoms with E-state index in [4.69, 9.17) is 10.5 Å². The largest absolute Gasteiger partial charge is 0.480 e. The van der Waals surface area contributed by atoms with Gasteiger partial charge >= 0.3 is 0 Å². The number of anilines is 2. The van der Waals surface area contributed by atoms with Gasteiger partial charge in [0, 0.05) is 17.4 Å². The third-order valence-electron chi connectivity index (χ3n) is 4.92. The van der Waals surface area contributed by atoms with Crippen LogP contribution >= 0.6 is 0 Å². The number of aliphatic imine (C=N–C) groups is 1. The van der Waals surface area contributed by atoms with Gasteiger partial charge in [-0.15, -0.1) is 0 Å². The molecule has 156 valence electrons. The second-order valence-electron chi connectivity index (χ2n) is 6.85. The van der Waals surface area contributed by atoms with Gasteiger partial charge in [0.15, 0.2) is 15.5 Å². The number of halogens is 1. The minimum Gasteiger partial charge on any atom is -0.480 e. The number of fused-ring (bicyclic) bond motifs is 1. The van der Waals surface area contributed by atoms with Crippen LogP contribution in [0.4, 0.5) is 15.8 Å². The lowest BCUT2D eigenvalue weighted by Crippen LogP contribution is -2.40. The zero-order valence-electron chi connectivity index (χ0n) is 16.2. The van der Waals surface area contributed by atoms with Crippen LogP contribution in [0.5, 0.6) is 5.88 Å². The molecular weight excluding hydrogens is 411 g/mol. The molecule has 2 aromatic heterocycles. The molecule has 3 heterocycles. The third-order valence-corrected chi connectivity index (χ3v) is 7.02. The summed E-state index contributed by atoms with van der Waals surface area (Å²) in [4.78, 5) is 16.9. The zero-order valence-corrected chi connectivity index (χ0v) is 17.0. The predicted molar refractivity (Wildman–Crippen MR) is 111 cm³/mol. The summed E-state index contributed by atoms with van der Waals surface area (Å²) in [7, 11) is -2.03. The Morgan fingerprint density at radius 3 is 2.80 bits per heavy atom. The maximum absolute atomic E-state index is 14.5. The summed E-state index contributed by atoms with van der Waals surface area (Å²) in [6, 6.07) is 5.11. The third kappa shape index (κ3) is 3.63. The maximum Gasteiger partial charge on any atom is 0.234 e. The molecule has 0 saturated carbocycles. The highest BCUT2D eigenvalue weighted by Gasteiger charge is 2.34. The topological polar surface area (TPSA) is 132 Å². The fourth-order valence-electron chi connectivity index (χ4n) is 3.17. The Balaban J connectivity index is 1.71. The quantitative estimate of drug-likeness (QED) is 0.643. The van der Waals surface area contributed by atoms with E-state index in [1.807, 2.05) is 0 Å². The average molecular weight is 430 g/mol. The average Bonchev–Trinajstić information content (AvgIpc) is 2.72. The number of nitrogens with zero attached hydrogens (tertiary/aromatic N) is 4. The SMILES string of the molecule is COc1cnc2c(Nc3ccc(F)c([C@@H]4CS(=O)(=O)C(C)C(N)=N4)c3)ccnc2n1. The van der Waals surface area contributed by atoms with E-state index >= 15 is 0 Å². The molecule has 0 spiro atoms. The Morgan fingerprint density at radius 2 is 2.07 bits per heavy atom. The molecule has 30 heavy (non-hydrogen) atoms. The number of amidine groups is 1. The number of sulfone groups is 1. The minimum absolute atomic E-state index is 0.0200. The Bertz CT molecular complexity index is 1260. The van der Waals surface area contributed by atoms with Crippen LogP contribution < -0.4 is 15.8 Å². The normalized spacial score (nSPS) is 20.6. The number of pyridine rings is 1. The van der Waals surface area contributed by atoms with E-state index in [1.54, 1.807) is 12.3 Å². The second-order valence-corrected chi connectivity index (χ2v) is 9.21.